The summed E-state index contributed by atoms with van der Waals surface area (Å²) >= 11 is 0. The van der Waals surface area contributed by atoms with Crippen LogP contribution in [-0.4, -0.2) is 48.0 Å². The average molecular weight is 558 g/mol. The molecule has 40 heavy (non-hydrogen) atoms. The number of halogens is 1. The highest BCUT2D eigenvalue weighted by Crippen LogP contribution is 2.38. The van der Waals surface area contributed by atoms with Gasteiger partial charge in [0.05, 0.1) is 22.5 Å². The highest BCUT2D eigenvalue weighted by Gasteiger charge is 2.26. The number of benzene rings is 2. The van der Waals surface area contributed by atoms with Crippen LogP contribution >= 0.6 is 0 Å². The Morgan fingerprint density at radius 3 is 2.52 bits per heavy atom. The van der Waals surface area contributed by atoms with Crippen LogP contribution in [0.1, 0.15) is 49.8 Å². The molecule has 1 aliphatic heterocycles. The molecule has 1 fully saturated rings. The lowest BCUT2D eigenvalue weighted by molar-refractivity contribution is 0.226. The molecule has 0 saturated carbocycles. The number of rotatable bonds is 4. The third-order valence-electron chi connectivity index (χ3n) is 8.03. The molecule has 0 aliphatic carbocycles. The number of hydrogen-bond donors (Lipinski definition) is 1. The average Bonchev–Trinajstić information content (AvgIpc) is 3.31. The number of H-pyrrole nitrogens is 1. The Morgan fingerprint density at radius 2 is 1.85 bits per heavy atom. The number of nitrogens with one attached hydrogen (secondary N) is 1. The van der Waals surface area contributed by atoms with E-state index in [1.54, 1.807) is 12.1 Å². The summed E-state index contributed by atoms with van der Waals surface area (Å²) in [6, 6.07) is 12.7. The number of nitrogens with zero attached hydrogens (tertiary/aromatic N) is 4. The molecule has 4 heterocycles. The molecule has 3 aromatic heterocycles. The standard InChI is InChI=1S/C30H28FN5O3S/c1-17(2)23-12-25-27(13-24(23)19-11-21(16-33-15-19)40(31,38)39)36(20-6-8-35(3)9-7-20)30-28(29(25)37)22-5-4-18(14-32)10-26(22)34-30/h4-5,10-13,15-17,20,34H,6-9H2,1-3H3. The minimum Gasteiger partial charge on any atom is -0.340 e. The normalized spacial score (nSPS) is 15.4. The summed E-state index contributed by atoms with van der Waals surface area (Å²) < 4.78 is 39.5. The molecule has 1 N–H and O–H groups in total. The van der Waals surface area contributed by atoms with Crippen molar-refractivity contribution in [3.8, 4) is 17.2 Å². The zero-order valence-corrected chi connectivity index (χ0v) is 23.2. The van der Waals surface area contributed by atoms with Gasteiger partial charge in [0, 0.05) is 40.3 Å². The van der Waals surface area contributed by atoms with Crippen LogP contribution in [0.2, 0.25) is 0 Å². The number of likely N-dealkylation sites (tertiary alicyclic amines) is 1. The fourth-order valence-corrected chi connectivity index (χ4v) is 6.42. The van der Waals surface area contributed by atoms with E-state index in [-0.39, 0.29) is 17.4 Å². The second-order valence-electron chi connectivity index (χ2n) is 10.9. The van der Waals surface area contributed by atoms with E-state index in [9.17, 15) is 22.4 Å². The molecule has 2 aromatic carbocycles. The van der Waals surface area contributed by atoms with Gasteiger partial charge in [0.25, 0.3) is 0 Å². The lowest BCUT2D eigenvalue weighted by Gasteiger charge is -2.32. The SMILES string of the molecule is CC(C)c1cc2c(=O)c3c4ccc(C#N)cc4[nH]c3n(C3CCN(C)CC3)c2cc1-c1cncc(S(=O)(=O)F)c1. The van der Waals surface area contributed by atoms with Gasteiger partial charge in [-0.25, -0.2) is 0 Å². The molecule has 204 valence electrons. The Hall–Kier alpha value is -4.07. The van der Waals surface area contributed by atoms with Gasteiger partial charge in [0.15, 0.2) is 5.43 Å². The largest absolute Gasteiger partial charge is 0.340 e. The first-order valence-corrected chi connectivity index (χ1v) is 14.6. The van der Waals surface area contributed by atoms with E-state index < -0.39 is 15.1 Å². The zero-order valence-electron chi connectivity index (χ0n) is 22.4. The van der Waals surface area contributed by atoms with Crippen molar-refractivity contribution in [2.45, 2.75) is 43.5 Å². The molecule has 1 aliphatic rings. The van der Waals surface area contributed by atoms with Crippen LogP contribution in [0.15, 0.2) is 58.5 Å². The summed E-state index contributed by atoms with van der Waals surface area (Å²) in [5, 5.41) is 11.4. The number of fused-ring (bicyclic) bond motifs is 4. The lowest BCUT2D eigenvalue weighted by atomic mass is 9.90. The fraction of sp³-hybridized carbons (Fsp3) is 0.300. The Morgan fingerprint density at radius 1 is 1.10 bits per heavy atom. The van der Waals surface area contributed by atoms with E-state index in [4.69, 9.17) is 0 Å². The van der Waals surface area contributed by atoms with Crippen LogP contribution < -0.4 is 5.43 Å². The molecule has 1 saturated heterocycles. The van der Waals surface area contributed by atoms with Gasteiger partial charge in [0.1, 0.15) is 10.5 Å². The van der Waals surface area contributed by atoms with Crippen molar-refractivity contribution < 1.29 is 12.3 Å². The van der Waals surface area contributed by atoms with Crippen molar-refractivity contribution in [3.63, 3.8) is 0 Å². The van der Waals surface area contributed by atoms with Crippen LogP contribution in [0.25, 0.3) is 44.0 Å². The van der Waals surface area contributed by atoms with Crippen LogP contribution in [0, 0.1) is 11.3 Å². The smallest absolute Gasteiger partial charge is 0.333 e. The highest BCUT2D eigenvalue weighted by molar-refractivity contribution is 7.86. The minimum atomic E-state index is -4.95. The maximum Gasteiger partial charge on any atom is 0.333 e. The van der Waals surface area contributed by atoms with Crippen molar-refractivity contribution in [1.29, 1.82) is 5.26 Å². The maximum atomic E-state index is 14.2. The quantitative estimate of drug-likeness (QED) is 0.287. The van der Waals surface area contributed by atoms with Crippen molar-refractivity contribution in [3.05, 3.63) is 70.1 Å². The molecule has 8 nitrogen and oxygen atoms in total. The van der Waals surface area contributed by atoms with Crippen LogP contribution in [-0.2, 0) is 10.2 Å². The zero-order chi connectivity index (χ0) is 28.3. The van der Waals surface area contributed by atoms with Crippen LogP contribution in [0.4, 0.5) is 3.89 Å². The highest BCUT2D eigenvalue weighted by atomic mass is 32.3. The van der Waals surface area contributed by atoms with E-state index in [1.807, 2.05) is 32.0 Å². The fourth-order valence-electron chi connectivity index (χ4n) is 5.96. The van der Waals surface area contributed by atoms with Crippen molar-refractivity contribution in [2.75, 3.05) is 20.1 Å². The molecule has 6 rings (SSSR count). The number of piperidine rings is 1. The molecule has 0 amide bonds. The molecule has 5 aromatic rings. The monoisotopic (exact) mass is 557 g/mol. The number of nitriles is 1. The van der Waals surface area contributed by atoms with E-state index in [1.165, 1.54) is 12.3 Å². The summed E-state index contributed by atoms with van der Waals surface area (Å²) in [5.74, 6) is -0.0157. The first kappa shape index (κ1) is 26.2. The van der Waals surface area contributed by atoms with E-state index in [0.29, 0.717) is 38.6 Å². The summed E-state index contributed by atoms with van der Waals surface area (Å²) in [5.41, 5.74) is 4.51. The Bertz CT molecular complexity index is 2030. The van der Waals surface area contributed by atoms with Crippen LogP contribution in [0.3, 0.4) is 0 Å². The van der Waals surface area contributed by atoms with Gasteiger partial charge in [-0.2, -0.15) is 13.7 Å². The van der Waals surface area contributed by atoms with Gasteiger partial charge < -0.3 is 14.5 Å². The van der Waals surface area contributed by atoms with E-state index in [0.717, 1.165) is 48.6 Å². The number of hydrogen-bond acceptors (Lipinski definition) is 6. The number of pyridine rings is 2. The molecule has 0 atom stereocenters. The van der Waals surface area contributed by atoms with Gasteiger partial charge in [-0.05, 0) is 80.4 Å². The van der Waals surface area contributed by atoms with Gasteiger partial charge in [-0.1, -0.05) is 19.9 Å². The second kappa shape index (κ2) is 9.54. The molecular weight excluding hydrogens is 529 g/mol. The van der Waals surface area contributed by atoms with Crippen LogP contribution in [0.5, 0.6) is 0 Å². The summed E-state index contributed by atoms with van der Waals surface area (Å²) in [4.78, 5) is 23.4. The Kier molecular flexibility index (Phi) is 6.24. The van der Waals surface area contributed by atoms with E-state index in [2.05, 4.69) is 32.6 Å². The molecule has 0 radical (unpaired) electrons. The molecule has 10 heteroatoms. The maximum absolute atomic E-state index is 14.2. The second-order valence-corrected chi connectivity index (χ2v) is 12.3. The summed E-state index contributed by atoms with van der Waals surface area (Å²) in [7, 11) is -2.85. The predicted octanol–water partition coefficient (Wildman–Crippen LogP) is 5.62. The first-order valence-electron chi connectivity index (χ1n) is 13.2. The van der Waals surface area contributed by atoms with E-state index >= 15 is 0 Å². The van der Waals surface area contributed by atoms with Gasteiger partial charge in [-0.3, -0.25) is 9.78 Å². The topological polar surface area (TPSA) is 112 Å². The van der Waals surface area contributed by atoms with Crippen molar-refractivity contribution in [1.82, 2.24) is 19.4 Å². The molecular formula is C30H28FN5O3S. The Labute approximate surface area is 230 Å². The van der Waals surface area contributed by atoms with Gasteiger partial charge in [0.2, 0.25) is 0 Å². The van der Waals surface area contributed by atoms with Gasteiger partial charge in [-0.15, -0.1) is 3.89 Å². The predicted molar refractivity (Wildman–Crippen MR) is 154 cm³/mol. The third-order valence-corrected chi connectivity index (χ3v) is 8.82. The molecule has 0 unspecified atom stereocenters. The number of aromatic amines is 1. The Balaban J connectivity index is 1.74. The molecule has 0 spiro atoms. The van der Waals surface area contributed by atoms with Crippen molar-refractivity contribution >= 4 is 43.1 Å². The lowest BCUT2D eigenvalue weighted by Crippen LogP contribution is -2.32. The summed E-state index contributed by atoms with van der Waals surface area (Å²) in [6.45, 7) is 5.79. The van der Waals surface area contributed by atoms with Crippen molar-refractivity contribution in [2.24, 2.45) is 0 Å². The number of aromatic nitrogens is 3. The first-order chi connectivity index (χ1) is 19.1. The molecule has 0 bridgehead atoms. The third kappa shape index (κ3) is 4.26. The van der Waals surface area contributed by atoms with Gasteiger partial charge >= 0.3 is 10.2 Å². The minimum absolute atomic E-state index is 0.0157. The summed E-state index contributed by atoms with van der Waals surface area (Å²) in [6.07, 6.45) is 4.26.